The lowest BCUT2D eigenvalue weighted by Crippen LogP contribution is -2.33. The minimum Gasteiger partial charge on any atom is -0.504 e. The summed E-state index contributed by atoms with van der Waals surface area (Å²) in [6.45, 7) is 3.88. The fourth-order valence-electron chi connectivity index (χ4n) is 2.38. The molecule has 0 amide bonds. The molecule has 0 bridgehead atoms. The molecule has 5 heteroatoms. The predicted octanol–water partition coefficient (Wildman–Crippen LogP) is 1.12. The van der Waals surface area contributed by atoms with Crippen LogP contribution in [0.2, 0.25) is 0 Å². The second-order valence-corrected chi connectivity index (χ2v) is 5.02. The fourth-order valence-corrected chi connectivity index (χ4v) is 2.38. The minimum atomic E-state index is -0.233. The summed E-state index contributed by atoms with van der Waals surface area (Å²) in [7, 11) is 1.48. The Morgan fingerprint density at radius 3 is 2.61 bits per heavy atom. The summed E-state index contributed by atoms with van der Waals surface area (Å²) in [5, 5.41) is 14.0. The molecule has 1 heterocycles. The Hall–Kier alpha value is -3.21. The van der Waals surface area contributed by atoms with Crippen LogP contribution in [-0.4, -0.2) is 22.0 Å². The summed E-state index contributed by atoms with van der Waals surface area (Å²) in [6, 6.07) is 14.3. The average Bonchev–Trinajstić information content (AvgIpc) is 2.85. The summed E-state index contributed by atoms with van der Waals surface area (Å²) < 4.78 is 6.50. The number of nitrogens with one attached hydrogen (secondary N) is 1. The molecule has 0 radical (unpaired) electrons. The molecule has 0 aliphatic heterocycles. The number of nitrogens with zero attached hydrogens (tertiary/aromatic N) is 1. The molecule has 5 nitrogen and oxygen atoms in total. The zero-order valence-corrected chi connectivity index (χ0v) is 12.6. The van der Waals surface area contributed by atoms with Crippen LogP contribution in [0.3, 0.4) is 0 Å². The molecule has 0 aliphatic carbocycles. The summed E-state index contributed by atoms with van der Waals surface area (Å²) in [4.78, 5) is 12.6. The number of rotatable bonds is 3. The zero-order valence-electron chi connectivity index (χ0n) is 12.6. The van der Waals surface area contributed by atoms with Gasteiger partial charge in [-0.3, -0.25) is 9.89 Å². The van der Waals surface area contributed by atoms with Gasteiger partial charge in [-0.1, -0.05) is 36.9 Å². The lowest BCUT2D eigenvalue weighted by atomic mass is 10.1. The van der Waals surface area contributed by atoms with Gasteiger partial charge in [-0.15, -0.1) is 0 Å². The van der Waals surface area contributed by atoms with Crippen molar-refractivity contribution in [1.29, 1.82) is 0 Å². The highest BCUT2D eigenvalue weighted by Crippen LogP contribution is 2.29. The highest BCUT2D eigenvalue weighted by atomic mass is 16.5. The maximum absolute atomic E-state index is 12.6. The number of aromatic hydroxyl groups is 1. The number of aromatic nitrogens is 2. The lowest BCUT2D eigenvalue weighted by Gasteiger charge is -2.04. The van der Waals surface area contributed by atoms with Gasteiger partial charge in [0.1, 0.15) is 0 Å². The maximum atomic E-state index is 12.6. The summed E-state index contributed by atoms with van der Waals surface area (Å²) in [5.74, 6) is 0.338. The summed E-state index contributed by atoms with van der Waals surface area (Å²) >= 11 is 0. The van der Waals surface area contributed by atoms with E-state index >= 15 is 0 Å². The molecule has 0 unspecified atom stereocenters. The van der Waals surface area contributed by atoms with Crippen molar-refractivity contribution in [2.75, 3.05) is 7.11 Å². The Morgan fingerprint density at radius 1 is 1.17 bits per heavy atom. The van der Waals surface area contributed by atoms with Crippen LogP contribution >= 0.6 is 0 Å². The first kappa shape index (κ1) is 14.7. The van der Waals surface area contributed by atoms with Crippen LogP contribution in [0, 0.1) is 0 Å². The molecule has 0 saturated carbocycles. The summed E-state index contributed by atoms with van der Waals surface area (Å²) in [6.07, 6.45) is 1.60. The molecule has 2 N–H and O–H groups in total. The van der Waals surface area contributed by atoms with Crippen LogP contribution in [0.1, 0.15) is 5.56 Å². The molecule has 0 spiro atoms. The van der Waals surface area contributed by atoms with Gasteiger partial charge in [0.05, 0.1) is 23.4 Å². The molecular weight excluding hydrogens is 292 g/mol. The van der Waals surface area contributed by atoms with Gasteiger partial charge >= 0.3 is 0 Å². The molecule has 0 saturated heterocycles. The molecule has 0 aliphatic rings. The van der Waals surface area contributed by atoms with E-state index in [1.165, 1.54) is 11.8 Å². The van der Waals surface area contributed by atoms with Crippen molar-refractivity contribution in [3.63, 3.8) is 0 Å². The van der Waals surface area contributed by atoms with E-state index in [0.717, 1.165) is 5.69 Å². The van der Waals surface area contributed by atoms with Crippen LogP contribution in [0.5, 0.6) is 11.5 Å². The van der Waals surface area contributed by atoms with Gasteiger partial charge in [0.15, 0.2) is 11.5 Å². The van der Waals surface area contributed by atoms with E-state index in [9.17, 15) is 9.90 Å². The number of aromatic amines is 1. The quantitative estimate of drug-likeness (QED) is 0.762. The second kappa shape index (κ2) is 5.88. The van der Waals surface area contributed by atoms with Crippen LogP contribution in [0.4, 0.5) is 0 Å². The number of hydrogen-bond donors (Lipinski definition) is 2. The second-order valence-electron chi connectivity index (χ2n) is 5.02. The highest BCUT2D eigenvalue weighted by Gasteiger charge is 2.08. The van der Waals surface area contributed by atoms with Crippen LogP contribution < -0.4 is 20.9 Å². The molecule has 116 valence electrons. The van der Waals surface area contributed by atoms with E-state index in [-0.39, 0.29) is 11.3 Å². The first-order valence-electron chi connectivity index (χ1n) is 7.05. The summed E-state index contributed by atoms with van der Waals surface area (Å²) in [5.41, 5.74) is 0.978. The molecular formula is C18H16N2O3. The van der Waals surface area contributed by atoms with E-state index in [2.05, 4.69) is 11.7 Å². The Labute approximate surface area is 132 Å². The van der Waals surface area contributed by atoms with Gasteiger partial charge in [0.2, 0.25) is 0 Å². The van der Waals surface area contributed by atoms with Gasteiger partial charge < -0.3 is 9.84 Å². The number of benzene rings is 2. The van der Waals surface area contributed by atoms with E-state index in [0.29, 0.717) is 21.9 Å². The molecule has 3 rings (SSSR count). The van der Waals surface area contributed by atoms with Crippen molar-refractivity contribution in [3.8, 4) is 17.2 Å². The van der Waals surface area contributed by atoms with E-state index < -0.39 is 0 Å². The first-order valence-corrected chi connectivity index (χ1v) is 7.05. The van der Waals surface area contributed by atoms with Crippen molar-refractivity contribution < 1.29 is 9.84 Å². The normalized spacial score (nSPS) is 11.6. The number of H-pyrrole nitrogens is 1. The van der Waals surface area contributed by atoms with Gasteiger partial charge in [0, 0.05) is 5.56 Å². The number of methoxy groups -OCH3 is 1. The van der Waals surface area contributed by atoms with E-state index in [1.54, 1.807) is 24.3 Å². The topological polar surface area (TPSA) is 67.2 Å². The van der Waals surface area contributed by atoms with E-state index in [4.69, 9.17) is 4.74 Å². The standard InChI is InChI=1S/C18H16N2O3/c1-12-15(11-13-7-6-10-16(23-2)17(13)21)18(22)20(19-12)14-8-4-3-5-9-14/h3-11,19,21H,1H2,2H3. The van der Waals surface area contributed by atoms with Crippen LogP contribution in [0.15, 0.2) is 53.3 Å². The SMILES string of the molecule is C=c1[nH]n(-c2ccccc2)c(=O)c1=Cc1cccc(OC)c1O. The number of para-hydroxylation sites is 2. The third-order valence-electron chi connectivity index (χ3n) is 3.57. The minimum absolute atomic E-state index is 0.0127. The third-order valence-corrected chi connectivity index (χ3v) is 3.57. The van der Waals surface area contributed by atoms with E-state index in [1.807, 2.05) is 30.3 Å². The fraction of sp³-hybridized carbons (Fsp3) is 0.0556. The Balaban J connectivity index is 2.21. The van der Waals surface area contributed by atoms with Crippen molar-refractivity contribution in [1.82, 2.24) is 9.78 Å². The van der Waals surface area contributed by atoms with Gasteiger partial charge in [-0.2, -0.15) is 0 Å². The molecule has 23 heavy (non-hydrogen) atoms. The lowest BCUT2D eigenvalue weighted by molar-refractivity contribution is 0.373. The smallest absolute Gasteiger partial charge is 0.279 e. The maximum Gasteiger partial charge on any atom is 0.279 e. The molecule has 3 aromatic rings. The molecule has 2 aromatic carbocycles. The van der Waals surface area contributed by atoms with Gasteiger partial charge in [-0.25, -0.2) is 4.68 Å². The van der Waals surface area contributed by atoms with Gasteiger partial charge in [-0.05, 0) is 24.3 Å². The number of ether oxygens (including phenoxy) is 1. The van der Waals surface area contributed by atoms with Crippen LogP contribution in [-0.2, 0) is 0 Å². The zero-order chi connectivity index (χ0) is 16.4. The van der Waals surface area contributed by atoms with Crippen molar-refractivity contribution in [2.45, 2.75) is 0 Å². The van der Waals surface area contributed by atoms with Crippen LogP contribution in [0.25, 0.3) is 18.3 Å². The van der Waals surface area contributed by atoms with Crippen molar-refractivity contribution >= 4 is 12.7 Å². The Morgan fingerprint density at radius 2 is 1.91 bits per heavy atom. The number of hydrogen-bond acceptors (Lipinski definition) is 3. The monoisotopic (exact) mass is 308 g/mol. The predicted molar refractivity (Wildman–Crippen MR) is 89.4 cm³/mol. The first-order chi connectivity index (χ1) is 11.1. The third kappa shape index (κ3) is 2.64. The van der Waals surface area contributed by atoms with Crippen molar-refractivity contribution in [3.05, 3.63) is 75.0 Å². The molecule has 1 aromatic heterocycles. The Kier molecular flexibility index (Phi) is 3.76. The van der Waals surface area contributed by atoms with Crippen molar-refractivity contribution in [2.24, 2.45) is 0 Å². The highest BCUT2D eigenvalue weighted by molar-refractivity contribution is 5.61. The largest absolute Gasteiger partial charge is 0.504 e. The van der Waals surface area contributed by atoms with Gasteiger partial charge in [0.25, 0.3) is 5.56 Å². The average molecular weight is 308 g/mol. The molecule has 0 atom stereocenters. The number of phenols is 1. The Bertz CT molecular complexity index is 1000. The molecule has 0 fully saturated rings. The number of phenolic OH excluding ortho intramolecular Hbond substituents is 1.